The molecule has 0 saturated heterocycles. The summed E-state index contributed by atoms with van der Waals surface area (Å²) in [7, 11) is 0. The normalized spacial score (nSPS) is 39.2. The quantitative estimate of drug-likeness (QED) is 0.434. The summed E-state index contributed by atoms with van der Waals surface area (Å²) in [5, 5.41) is 0. The van der Waals surface area contributed by atoms with Gasteiger partial charge in [-0.3, -0.25) is 0 Å². The lowest BCUT2D eigenvalue weighted by atomic mass is 9.56. The van der Waals surface area contributed by atoms with E-state index >= 15 is 0 Å². The zero-order valence-corrected chi connectivity index (χ0v) is 16.5. The monoisotopic (exact) mass is 334 g/mol. The Morgan fingerprint density at radius 1 is 0.708 bits per heavy atom. The number of ether oxygens (including phenoxy) is 1. The Kier molecular flexibility index (Phi) is 7.50. The van der Waals surface area contributed by atoms with E-state index in [4.69, 9.17) is 4.74 Å². The molecule has 140 valence electrons. The van der Waals surface area contributed by atoms with Gasteiger partial charge < -0.3 is 4.74 Å². The van der Waals surface area contributed by atoms with E-state index in [1.54, 1.807) is 12.8 Å². The molecule has 1 heteroatoms. The van der Waals surface area contributed by atoms with E-state index in [0.29, 0.717) is 6.10 Å². The molecule has 3 saturated carbocycles. The van der Waals surface area contributed by atoms with Gasteiger partial charge in [-0.05, 0) is 81.0 Å². The molecule has 0 aromatic heterocycles. The minimum absolute atomic E-state index is 0.598. The molecule has 4 unspecified atom stereocenters. The van der Waals surface area contributed by atoms with Crippen molar-refractivity contribution in [3.8, 4) is 0 Å². The largest absolute Gasteiger partial charge is 0.378 e. The lowest BCUT2D eigenvalue weighted by Crippen LogP contribution is -2.42. The molecule has 24 heavy (non-hydrogen) atoms. The van der Waals surface area contributed by atoms with Crippen LogP contribution in [0.25, 0.3) is 0 Å². The third-order valence-electron chi connectivity index (χ3n) is 7.65. The van der Waals surface area contributed by atoms with Crippen molar-refractivity contribution in [2.45, 2.75) is 110 Å². The minimum atomic E-state index is 0.598. The van der Waals surface area contributed by atoms with Crippen LogP contribution in [-0.2, 0) is 4.74 Å². The third-order valence-corrected chi connectivity index (χ3v) is 7.65. The number of unbranched alkanes of at least 4 members (excludes halogenated alkanes) is 3. The number of rotatable bonds is 8. The smallest absolute Gasteiger partial charge is 0.0578 e. The molecule has 0 amide bonds. The maximum atomic E-state index is 6.26. The standard InChI is InChI=1S/C23H42O/c1-3-5-6-7-15-24-21-12-14-23-20(17-21)11-10-19-16-18(8-4-2)9-13-22(19)23/h18-23H,3-17H2,1-2H3/t18-,19?,20?,21-,22?,23?/m1/s1. The fourth-order valence-corrected chi connectivity index (χ4v) is 6.45. The van der Waals surface area contributed by atoms with Crippen LogP contribution in [0.5, 0.6) is 0 Å². The van der Waals surface area contributed by atoms with Crippen molar-refractivity contribution in [1.82, 2.24) is 0 Å². The van der Waals surface area contributed by atoms with Gasteiger partial charge in [-0.15, -0.1) is 0 Å². The van der Waals surface area contributed by atoms with Crippen LogP contribution in [0.2, 0.25) is 0 Å². The van der Waals surface area contributed by atoms with Gasteiger partial charge in [0, 0.05) is 6.61 Å². The predicted molar refractivity (Wildman–Crippen MR) is 103 cm³/mol. The lowest BCUT2D eigenvalue weighted by molar-refractivity contribution is -0.0538. The van der Waals surface area contributed by atoms with Gasteiger partial charge in [-0.25, -0.2) is 0 Å². The van der Waals surface area contributed by atoms with Crippen LogP contribution < -0.4 is 0 Å². The third kappa shape index (κ3) is 4.77. The zero-order chi connectivity index (χ0) is 16.8. The molecule has 0 aromatic carbocycles. The van der Waals surface area contributed by atoms with Gasteiger partial charge in [-0.1, -0.05) is 52.4 Å². The average Bonchev–Trinajstić information content (AvgIpc) is 2.61. The molecule has 0 heterocycles. The van der Waals surface area contributed by atoms with Crippen molar-refractivity contribution in [2.75, 3.05) is 6.61 Å². The Bertz CT molecular complexity index is 352. The molecule has 0 aliphatic heterocycles. The summed E-state index contributed by atoms with van der Waals surface area (Å²) >= 11 is 0. The van der Waals surface area contributed by atoms with Crippen LogP contribution in [0.4, 0.5) is 0 Å². The molecule has 6 atom stereocenters. The highest BCUT2D eigenvalue weighted by Gasteiger charge is 2.44. The Labute approximate surface area is 151 Å². The highest BCUT2D eigenvalue weighted by atomic mass is 16.5. The Hall–Kier alpha value is -0.0400. The molecule has 1 nitrogen and oxygen atoms in total. The molecule has 3 aliphatic carbocycles. The summed E-state index contributed by atoms with van der Waals surface area (Å²) in [6, 6.07) is 0. The van der Waals surface area contributed by atoms with E-state index in [9.17, 15) is 0 Å². The maximum absolute atomic E-state index is 6.26. The summed E-state index contributed by atoms with van der Waals surface area (Å²) in [6.07, 6.45) is 20.8. The predicted octanol–water partition coefficient (Wildman–Crippen LogP) is 6.99. The topological polar surface area (TPSA) is 9.23 Å². The van der Waals surface area contributed by atoms with E-state index in [2.05, 4.69) is 13.8 Å². The molecule has 3 rings (SSSR count). The molecular weight excluding hydrogens is 292 g/mol. The van der Waals surface area contributed by atoms with E-state index in [0.717, 1.165) is 36.2 Å². The highest BCUT2D eigenvalue weighted by Crippen LogP contribution is 2.53. The van der Waals surface area contributed by atoms with Crippen LogP contribution in [0, 0.1) is 29.6 Å². The summed E-state index contributed by atoms with van der Waals surface area (Å²) in [6.45, 7) is 5.67. The van der Waals surface area contributed by atoms with Gasteiger partial charge in [0.2, 0.25) is 0 Å². The van der Waals surface area contributed by atoms with Gasteiger partial charge >= 0.3 is 0 Å². The Balaban J connectivity index is 1.42. The summed E-state index contributed by atoms with van der Waals surface area (Å²) in [4.78, 5) is 0. The van der Waals surface area contributed by atoms with Crippen molar-refractivity contribution in [2.24, 2.45) is 29.6 Å². The van der Waals surface area contributed by atoms with Gasteiger partial charge in [0.25, 0.3) is 0 Å². The first-order chi connectivity index (χ1) is 11.8. The first kappa shape index (κ1) is 18.7. The minimum Gasteiger partial charge on any atom is -0.378 e. The van der Waals surface area contributed by atoms with Gasteiger partial charge in [0.1, 0.15) is 0 Å². The molecule has 0 radical (unpaired) electrons. The first-order valence-electron chi connectivity index (χ1n) is 11.4. The van der Waals surface area contributed by atoms with E-state index < -0.39 is 0 Å². The zero-order valence-electron chi connectivity index (χ0n) is 16.5. The number of fused-ring (bicyclic) bond motifs is 3. The van der Waals surface area contributed by atoms with E-state index in [1.165, 1.54) is 77.0 Å². The summed E-state index contributed by atoms with van der Waals surface area (Å²) in [5.41, 5.74) is 0. The summed E-state index contributed by atoms with van der Waals surface area (Å²) < 4.78 is 6.26. The second-order valence-corrected chi connectivity index (χ2v) is 9.26. The second kappa shape index (κ2) is 9.60. The van der Waals surface area contributed by atoms with E-state index in [1.807, 2.05) is 0 Å². The van der Waals surface area contributed by atoms with Crippen LogP contribution in [0.1, 0.15) is 104 Å². The maximum Gasteiger partial charge on any atom is 0.0578 e. The fraction of sp³-hybridized carbons (Fsp3) is 1.00. The Morgan fingerprint density at radius 3 is 2.21 bits per heavy atom. The second-order valence-electron chi connectivity index (χ2n) is 9.26. The van der Waals surface area contributed by atoms with Crippen molar-refractivity contribution in [1.29, 1.82) is 0 Å². The van der Waals surface area contributed by atoms with Gasteiger partial charge in [0.15, 0.2) is 0 Å². The number of hydrogen-bond acceptors (Lipinski definition) is 1. The molecule has 3 aliphatic rings. The van der Waals surface area contributed by atoms with Crippen molar-refractivity contribution < 1.29 is 4.74 Å². The SMILES string of the molecule is CCCCCCO[C@@H]1CCC2C(CCC3C[C@H](CCC)CCC32)C1. The summed E-state index contributed by atoms with van der Waals surface area (Å²) in [5.74, 6) is 5.30. The number of hydrogen-bond donors (Lipinski definition) is 0. The molecule has 0 bridgehead atoms. The fourth-order valence-electron chi connectivity index (χ4n) is 6.45. The van der Waals surface area contributed by atoms with Gasteiger partial charge in [-0.2, -0.15) is 0 Å². The lowest BCUT2D eigenvalue weighted by Gasteiger charge is -2.50. The van der Waals surface area contributed by atoms with E-state index in [-0.39, 0.29) is 0 Å². The van der Waals surface area contributed by atoms with Crippen molar-refractivity contribution in [3.05, 3.63) is 0 Å². The molecule has 0 aromatic rings. The highest BCUT2D eigenvalue weighted by molar-refractivity contribution is 4.94. The van der Waals surface area contributed by atoms with Crippen molar-refractivity contribution >= 4 is 0 Å². The molecule has 3 fully saturated rings. The van der Waals surface area contributed by atoms with Crippen LogP contribution >= 0.6 is 0 Å². The first-order valence-corrected chi connectivity index (χ1v) is 11.4. The van der Waals surface area contributed by atoms with Crippen LogP contribution in [-0.4, -0.2) is 12.7 Å². The Morgan fingerprint density at radius 2 is 1.46 bits per heavy atom. The molecule has 0 spiro atoms. The van der Waals surface area contributed by atoms with Crippen molar-refractivity contribution in [3.63, 3.8) is 0 Å². The molecule has 0 N–H and O–H groups in total. The average molecular weight is 335 g/mol. The van der Waals surface area contributed by atoms with Gasteiger partial charge in [0.05, 0.1) is 6.10 Å². The van der Waals surface area contributed by atoms with Crippen LogP contribution in [0.15, 0.2) is 0 Å². The molecular formula is C23H42O. The van der Waals surface area contributed by atoms with Crippen LogP contribution in [0.3, 0.4) is 0 Å².